The van der Waals surface area contributed by atoms with Crippen molar-refractivity contribution in [2.45, 2.75) is 38.3 Å². The molecule has 0 radical (unpaired) electrons. The second-order valence-electron chi connectivity index (χ2n) is 4.60. The lowest BCUT2D eigenvalue weighted by atomic mass is 10.1. The molecule has 3 N–H and O–H groups in total. The van der Waals surface area contributed by atoms with Gasteiger partial charge in [0.05, 0.1) is 17.2 Å². The lowest BCUT2D eigenvalue weighted by Crippen LogP contribution is -2.27. The maximum atomic E-state index is 12.2. The second kappa shape index (κ2) is 5.39. The summed E-state index contributed by atoms with van der Waals surface area (Å²) in [7, 11) is -3.67. The summed E-state index contributed by atoms with van der Waals surface area (Å²) in [6.45, 7) is 4.98. The fraction of sp³-hybridized carbons (Fsp3) is 0.417. The third-order valence-electron chi connectivity index (χ3n) is 3.05. The van der Waals surface area contributed by atoms with Gasteiger partial charge in [-0.05, 0) is 26.8 Å². The first kappa shape index (κ1) is 14.8. The summed E-state index contributed by atoms with van der Waals surface area (Å²) in [6, 6.07) is 0.932. The molecule has 110 valence electrons. The van der Waals surface area contributed by atoms with E-state index < -0.39 is 16.1 Å². The predicted octanol–water partition coefficient (Wildman–Crippen LogP) is 1.15. The lowest BCUT2D eigenvalue weighted by molar-refractivity contribution is 0.277. The van der Waals surface area contributed by atoms with E-state index in [1.54, 1.807) is 20.8 Å². The molecule has 2 heterocycles. The average molecular weight is 299 g/mol. The van der Waals surface area contributed by atoms with E-state index in [1.165, 1.54) is 12.3 Å². The van der Waals surface area contributed by atoms with Crippen molar-refractivity contribution < 1.29 is 18.0 Å². The van der Waals surface area contributed by atoms with Crippen LogP contribution in [-0.4, -0.2) is 23.7 Å². The highest BCUT2D eigenvalue weighted by atomic mass is 32.2. The molecule has 0 spiro atoms. The highest BCUT2D eigenvalue weighted by Gasteiger charge is 2.23. The van der Waals surface area contributed by atoms with E-state index in [1.807, 2.05) is 0 Å². The van der Waals surface area contributed by atoms with E-state index in [0.717, 1.165) is 5.56 Å². The Bertz CT molecular complexity index is 683. The fourth-order valence-electron chi connectivity index (χ4n) is 2.13. The molecule has 1 unspecified atom stereocenters. The molecule has 2 aromatic rings. The van der Waals surface area contributed by atoms with Crippen molar-refractivity contribution >= 4 is 10.0 Å². The van der Waals surface area contributed by atoms with Gasteiger partial charge in [-0.15, -0.1) is 0 Å². The number of hydrogen-bond donors (Lipinski definition) is 3. The van der Waals surface area contributed by atoms with Gasteiger partial charge in [-0.1, -0.05) is 5.16 Å². The second-order valence-corrected chi connectivity index (χ2v) is 6.31. The predicted molar refractivity (Wildman–Crippen MR) is 71.4 cm³/mol. The van der Waals surface area contributed by atoms with E-state index in [2.05, 4.69) is 14.9 Å². The van der Waals surface area contributed by atoms with Crippen LogP contribution >= 0.6 is 0 Å². The minimum absolute atomic E-state index is 0.0835. The highest BCUT2D eigenvalue weighted by Crippen LogP contribution is 2.23. The van der Waals surface area contributed by atoms with Gasteiger partial charge in [-0.25, -0.2) is 13.1 Å². The Morgan fingerprint density at radius 2 is 2.20 bits per heavy atom. The quantitative estimate of drug-likeness (QED) is 0.767. The zero-order chi connectivity index (χ0) is 14.9. The number of aromatic nitrogens is 2. The monoisotopic (exact) mass is 299 g/mol. The number of aliphatic hydroxyl groups is 1. The normalized spacial score (nSPS) is 13.6. The summed E-state index contributed by atoms with van der Waals surface area (Å²) in [6.07, 6.45) is 1.34. The molecule has 2 rings (SSSR count). The van der Waals surface area contributed by atoms with Crippen LogP contribution in [0.4, 0.5) is 0 Å². The van der Waals surface area contributed by atoms with Gasteiger partial charge in [0, 0.05) is 23.5 Å². The number of H-pyrrole nitrogens is 1. The van der Waals surface area contributed by atoms with Gasteiger partial charge in [0.15, 0.2) is 0 Å². The molecule has 0 saturated heterocycles. The average Bonchev–Trinajstić information content (AvgIpc) is 2.96. The van der Waals surface area contributed by atoms with Crippen LogP contribution in [0.1, 0.15) is 35.7 Å². The molecular weight excluding hydrogens is 282 g/mol. The summed E-state index contributed by atoms with van der Waals surface area (Å²) < 4.78 is 32.1. The zero-order valence-electron chi connectivity index (χ0n) is 11.5. The van der Waals surface area contributed by atoms with Gasteiger partial charge in [0.1, 0.15) is 5.76 Å². The molecule has 8 heteroatoms. The minimum atomic E-state index is -3.67. The molecule has 0 aromatic carbocycles. The molecule has 1 atom stereocenters. The minimum Gasteiger partial charge on any atom is -0.390 e. The summed E-state index contributed by atoms with van der Waals surface area (Å²) in [5.74, 6) is 0.586. The van der Waals surface area contributed by atoms with Crippen molar-refractivity contribution in [3.8, 4) is 0 Å². The molecule has 20 heavy (non-hydrogen) atoms. The number of aromatic amines is 1. The molecule has 0 saturated carbocycles. The highest BCUT2D eigenvalue weighted by molar-refractivity contribution is 7.89. The Hall–Kier alpha value is -1.64. The Labute approximate surface area is 117 Å². The first-order valence-corrected chi connectivity index (χ1v) is 7.56. The van der Waals surface area contributed by atoms with Crippen LogP contribution in [0.25, 0.3) is 0 Å². The van der Waals surface area contributed by atoms with E-state index in [4.69, 9.17) is 9.63 Å². The molecule has 7 nitrogen and oxygen atoms in total. The Morgan fingerprint density at radius 1 is 1.50 bits per heavy atom. The summed E-state index contributed by atoms with van der Waals surface area (Å²) >= 11 is 0. The Kier molecular flexibility index (Phi) is 3.98. The number of hydrogen-bond acceptors (Lipinski definition) is 5. The van der Waals surface area contributed by atoms with E-state index >= 15 is 0 Å². The van der Waals surface area contributed by atoms with Crippen LogP contribution in [0.2, 0.25) is 0 Å². The van der Waals surface area contributed by atoms with Crippen LogP contribution in [0.5, 0.6) is 0 Å². The van der Waals surface area contributed by atoms with Crippen molar-refractivity contribution in [1.29, 1.82) is 0 Å². The van der Waals surface area contributed by atoms with Gasteiger partial charge in [-0.3, -0.25) is 0 Å². The van der Waals surface area contributed by atoms with Crippen molar-refractivity contribution in [2.24, 2.45) is 0 Å². The molecule has 2 aromatic heterocycles. The summed E-state index contributed by atoms with van der Waals surface area (Å²) in [4.78, 5) is 2.78. The maximum absolute atomic E-state index is 12.2. The third kappa shape index (κ3) is 2.77. The molecule has 0 aliphatic carbocycles. The van der Waals surface area contributed by atoms with Crippen molar-refractivity contribution in [3.05, 3.63) is 35.0 Å². The van der Waals surface area contributed by atoms with E-state index in [-0.39, 0.29) is 11.5 Å². The van der Waals surface area contributed by atoms with E-state index in [0.29, 0.717) is 17.1 Å². The molecule has 0 aliphatic heterocycles. The van der Waals surface area contributed by atoms with Crippen LogP contribution in [0.15, 0.2) is 21.7 Å². The molecular formula is C12H17N3O4S. The Morgan fingerprint density at radius 3 is 2.70 bits per heavy atom. The number of rotatable bonds is 5. The molecule has 0 amide bonds. The molecule has 0 bridgehead atoms. The summed E-state index contributed by atoms with van der Waals surface area (Å²) in [5, 5.41) is 12.8. The van der Waals surface area contributed by atoms with Gasteiger partial charge >= 0.3 is 0 Å². The third-order valence-corrected chi connectivity index (χ3v) is 4.57. The lowest BCUT2D eigenvalue weighted by Gasteiger charge is -2.13. The summed E-state index contributed by atoms with van der Waals surface area (Å²) in [5.41, 5.74) is 1.82. The van der Waals surface area contributed by atoms with Crippen molar-refractivity contribution in [2.75, 3.05) is 0 Å². The van der Waals surface area contributed by atoms with Crippen LogP contribution in [0, 0.1) is 13.8 Å². The van der Waals surface area contributed by atoms with Crippen LogP contribution < -0.4 is 4.72 Å². The van der Waals surface area contributed by atoms with Gasteiger partial charge in [0.25, 0.3) is 0 Å². The molecule has 0 aliphatic rings. The van der Waals surface area contributed by atoms with Gasteiger partial charge in [-0.2, -0.15) is 0 Å². The number of sulfonamides is 1. The number of aliphatic hydroxyl groups excluding tert-OH is 1. The smallest absolute Gasteiger partial charge is 0.242 e. The SMILES string of the molecule is Cc1noc(C)c1C(C)NS(=O)(=O)c1c[nH]c(CO)c1. The standard InChI is InChI=1S/C12H17N3O4S/c1-7-12(9(3)19-14-7)8(2)15-20(17,18)11-4-10(6-16)13-5-11/h4-5,8,13,15-16H,6H2,1-3H3. The van der Waals surface area contributed by atoms with Crippen molar-refractivity contribution in [3.63, 3.8) is 0 Å². The van der Waals surface area contributed by atoms with Gasteiger partial charge in [0.2, 0.25) is 10.0 Å². The zero-order valence-corrected chi connectivity index (χ0v) is 12.3. The number of nitrogens with zero attached hydrogens (tertiary/aromatic N) is 1. The van der Waals surface area contributed by atoms with E-state index in [9.17, 15) is 8.42 Å². The molecule has 0 fully saturated rings. The van der Waals surface area contributed by atoms with Crippen LogP contribution in [0.3, 0.4) is 0 Å². The Balaban J connectivity index is 2.24. The van der Waals surface area contributed by atoms with Gasteiger partial charge < -0.3 is 14.6 Å². The van der Waals surface area contributed by atoms with Crippen molar-refractivity contribution in [1.82, 2.24) is 14.9 Å². The number of aryl methyl sites for hydroxylation is 2. The first-order valence-electron chi connectivity index (χ1n) is 6.08. The van der Waals surface area contributed by atoms with Crippen LogP contribution in [-0.2, 0) is 16.6 Å². The largest absolute Gasteiger partial charge is 0.390 e. The fourth-order valence-corrected chi connectivity index (χ4v) is 3.36. The maximum Gasteiger partial charge on any atom is 0.242 e. The first-order chi connectivity index (χ1) is 9.35. The number of nitrogens with one attached hydrogen (secondary N) is 2. The topological polar surface area (TPSA) is 108 Å².